The van der Waals surface area contributed by atoms with Crippen LogP contribution in [-0.4, -0.2) is 108 Å². The molecule has 2 aromatic rings. The Bertz CT molecular complexity index is 1470. The molecule has 2 aliphatic carbocycles. The summed E-state index contributed by atoms with van der Waals surface area (Å²) < 4.78 is 23.1. The predicted octanol–water partition coefficient (Wildman–Crippen LogP) is 3.05. The van der Waals surface area contributed by atoms with Gasteiger partial charge in [0.05, 0.1) is 11.7 Å². The Morgan fingerprint density at radius 2 is 1.73 bits per heavy atom. The number of halogens is 1. The van der Waals surface area contributed by atoms with Crippen LogP contribution in [-0.2, 0) is 25.7 Å². The van der Waals surface area contributed by atoms with E-state index < -0.39 is 35.3 Å². The maximum atomic E-state index is 15.9. The van der Waals surface area contributed by atoms with Crippen LogP contribution in [0.4, 0.5) is 10.1 Å². The second-order valence-electron chi connectivity index (χ2n) is 14.1. The molecule has 1 aromatic heterocycles. The third kappa shape index (κ3) is 8.92. The van der Waals surface area contributed by atoms with E-state index in [4.69, 9.17) is 4.74 Å². The summed E-state index contributed by atoms with van der Waals surface area (Å²) in [5, 5.41) is 13.2. The molecule has 1 unspecified atom stereocenters. The van der Waals surface area contributed by atoms with Crippen LogP contribution in [0, 0.1) is 23.6 Å². The topological polar surface area (TPSA) is 138 Å². The van der Waals surface area contributed by atoms with Crippen LogP contribution in [0.15, 0.2) is 30.5 Å². The molecule has 3 N–H and O–H groups in total. The van der Waals surface area contributed by atoms with Crippen molar-refractivity contribution in [2.24, 2.45) is 17.8 Å². The van der Waals surface area contributed by atoms with E-state index in [9.17, 15) is 19.2 Å². The van der Waals surface area contributed by atoms with E-state index >= 15 is 4.39 Å². The Kier molecular flexibility index (Phi) is 11.9. The van der Waals surface area contributed by atoms with Crippen molar-refractivity contribution in [2.75, 3.05) is 51.7 Å². The van der Waals surface area contributed by atoms with E-state index in [1.807, 2.05) is 20.9 Å². The molecule has 1 aliphatic heterocycles. The largest absolute Gasteiger partial charge is 0.367 e. The van der Waals surface area contributed by atoms with Gasteiger partial charge in [0.25, 0.3) is 5.91 Å². The number of aldehydes is 1. The highest BCUT2D eigenvalue weighted by molar-refractivity contribution is 6.01. The molecule has 13 heteroatoms. The predicted molar refractivity (Wildman–Crippen MR) is 184 cm³/mol. The average Bonchev–Trinajstić information content (AvgIpc) is 4.04. The minimum absolute atomic E-state index is 0.00363. The molecule has 268 valence electrons. The van der Waals surface area contributed by atoms with E-state index in [1.165, 1.54) is 12.1 Å². The summed E-state index contributed by atoms with van der Waals surface area (Å²) in [6, 6.07) is 4.63. The van der Waals surface area contributed by atoms with E-state index in [1.54, 1.807) is 41.8 Å². The number of rotatable bonds is 17. The number of benzene rings is 1. The number of piperazine rings is 1. The van der Waals surface area contributed by atoms with Gasteiger partial charge >= 0.3 is 0 Å². The smallest absolute Gasteiger partial charge is 0.270 e. The Labute approximate surface area is 288 Å². The Morgan fingerprint density at radius 3 is 2.31 bits per heavy atom. The first-order chi connectivity index (χ1) is 23.5. The molecule has 3 amide bonds. The molecule has 4 atom stereocenters. The van der Waals surface area contributed by atoms with Crippen molar-refractivity contribution in [1.82, 2.24) is 30.2 Å². The number of anilines is 1. The highest BCUT2D eigenvalue weighted by Crippen LogP contribution is 2.51. The lowest BCUT2D eigenvalue weighted by molar-refractivity contribution is -0.137. The molecule has 5 rings (SSSR count). The quantitative estimate of drug-likeness (QED) is 0.217. The summed E-state index contributed by atoms with van der Waals surface area (Å²) >= 11 is 0. The summed E-state index contributed by atoms with van der Waals surface area (Å²) in [5.74, 6) is -1.41. The fraction of sp³-hybridized carbons (Fsp3) is 0.639. The lowest BCUT2D eigenvalue weighted by Gasteiger charge is -2.37. The number of nitrogens with one attached hydrogen (secondary N) is 3. The molecule has 1 aromatic carbocycles. The van der Waals surface area contributed by atoms with Crippen molar-refractivity contribution in [3.63, 3.8) is 0 Å². The lowest BCUT2D eigenvalue weighted by atomic mass is 9.88. The molecule has 49 heavy (non-hydrogen) atoms. The minimum atomic E-state index is -1.13. The first kappa shape index (κ1) is 36.6. The van der Waals surface area contributed by atoms with Crippen LogP contribution in [0.3, 0.4) is 0 Å². The van der Waals surface area contributed by atoms with E-state index in [0.717, 1.165) is 45.1 Å². The van der Waals surface area contributed by atoms with Crippen LogP contribution in [0.1, 0.15) is 75.3 Å². The van der Waals surface area contributed by atoms with Crippen molar-refractivity contribution in [3.8, 4) is 0 Å². The fourth-order valence-corrected chi connectivity index (χ4v) is 7.01. The van der Waals surface area contributed by atoms with Gasteiger partial charge in [-0.2, -0.15) is 5.10 Å². The maximum Gasteiger partial charge on any atom is 0.270 e. The zero-order chi connectivity index (χ0) is 35.3. The number of carbonyl (C=O) groups is 4. The SMILES string of the molecule is CCOC(C)(C=O)CN[C@@H](C(=O)N1CCN(C)CC1)[C@@H](C)c1ccc(NC(=O)[C@@H](NC(=O)c2ccnn2CC)C(C2CC2)C2CC2)c(F)c1. The summed E-state index contributed by atoms with van der Waals surface area (Å²) in [4.78, 5) is 57.0. The van der Waals surface area contributed by atoms with E-state index in [-0.39, 0.29) is 30.0 Å². The number of hydrogen-bond donors (Lipinski definition) is 3. The lowest BCUT2D eigenvalue weighted by Crippen LogP contribution is -2.57. The van der Waals surface area contributed by atoms with Gasteiger partial charge in [-0.05, 0) is 95.0 Å². The second-order valence-corrected chi connectivity index (χ2v) is 14.1. The molecule has 12 nitrogen and oxygen atoms in total. The number of aryl methyl sites for hydroxylation is 1. The summed E-state index contributed by atoms with van der Waals surface area (Å²) in [5.41, 5.74) is -0.190. The van der Waals surface area contributed by atoms with Gasteiger partial charge in [0.1, 0.15) is 23.2 Å². The standard InChI is InChI=1S/C36H52FN7O5/c1-6-44-29(14-15-39-44)33(46)41-32(30(24-8-9-24)25-10-11-25)34(47)40-28-13-12-26(20-27(28)37)23(3)31(38-21-36(4,22-45)49-7-2)35(48)43-18-16-42(5)17-19-43/h12-15,20,22-25,30-32,38H,6-11,16-19,21H2,1-5H3,(H,40,47)(H,41,46)/t23-,31+,32-,36?/m0/s1. The van der Waals surface area contributed by atoms with Crippen molar-refractivity contribution in [2.45, 2.75) is 83.5 Å². The Hall–Kier alpha value is -3.68. The van der Waals surface area contributed by atoms with E-state index in [2.05, 4.69) is 25.9 Å². The van der Waals surface area contributed by atoms with Crippen molar-refractivity contribution in [3.05, 3.63) is 47.5 Å². The van der Waals surface area contributed by atoms with Gasteiger partial charge in [0, 0.05) is 58.0 Å². The molecular weight excluding hydrogens is 629 g/mol. The van der Waals surface area contributed by atoms with Crippen molar-refractivity contribution >= 4 is 29.7 Å². The van der Waals surface area contributed by atoms with Crippen LogP contribution < -0.4 is 16.0 Å². The number of ether oxygens (including phenoxy) is 1. The number of aromatic nitrogens is 2. The molecule has 3 aliphatic rings. The van der Waals surface area contributed by atoms with Gasteiger partial charge < -0.3 is 35.3 Å². The maximum absolute atomic E-state index is 15.9. The number of nitrogens with zero attached hydrogens (tertiary/aromatic N) is 4. The van der Waals surface area contributed by atoms with Crippen molar-refractivity contribution in [1.29, 1.82) is 0 Å². The number of hydrogen-bond acceptors (Lipinski definition) is 8. The molecule has 0 radical (unpaired) electrons. The van der Waals surface area contributed by atoms with Crippen LogP contribution in [0.2, 0.25) is 0 Å². The third-order valence-electron chi connectivity index (χ3n) is 10.3. The summed E-state index contributed by atoms with van der Waals surface area (Å²) in [6.45, 7) is 10.8. The van der Waals surface area contributed by atoms with Gasteiger partial charge in [-0.1, -0.05) is 13.0 Å². The van der Waals surface area contributed by atoms with Crippen LogP contribution >= 0.6 is 0 Å². The second kappa shape index (κ2) is 15.9. The number of likely N-dealkylation sites (N-methyl/N-ethyl adjacent to an activating group) is 1. The summed E-state index contributed by atoms with van der Waals surface area (Å²) in [6.07, 6.45) is 6.32. The number of carbonyl (C=O) groups excluding carboxylic acids is 4. The highest BCUT2D eigenvalue weighted by Gasteiger charge is 2.48. The van der Waals surface area contributed by atoms with Gasteiger partial charge in [0.2, 0.25) is 11.8 Å². The molecule has 3 fully saturated rings. The highest BCUT2D eigenvalue weighted by atomic mass is 19.1. The zero-order valence-electron chi connectivity index (χ0n) is 29.4. The van der Waals surface area contributed by atoms with Crippen LogP contribution in [0.5, 0.6) is 0 Å². The first-order valence-electron chi connectivity index (χ1n) is 17.7. The van der Waals surface area contributed by atoms with Gasteiger partial charge in [-0.15, -0.1) is 0 Å². The van der Waals surface area contributed by atoms with Gasteiger partial charge in [-0.25, -0.2) is 4.39 Å². The average molecular weight is 682 g/mol. The van der Waals surface area contributed by atoms with Crippen molar-refractivity contribution < 1.29 is 28.3 Å². The first-order valence-corrected chi connectivity index (χ1v) is 17.7. The monoisotopic (exact) mass is 681 g/mol. The van der Waals surface area contributed by atoms with Gasteiger partial charge in [-0.3, -0.25) is 19.1 Å². The third-order valence-corrected chi connectivity index (χ3v) is 10.3. The normalized spacial score (nSPS) is 19.9. The number of amides is 3. The molecule has 0 spiro atoms. The van der Waals surface area contributed by atoms with Crippen LogP contribution in [0.25, 0.3) is 0 Å². The molecule has 2 heterocycles. The van der Waals surface area contributed by atoms with E-state index in [0.29, 0.717) is 49.3 Å². The fourth-order valence-electron chi connectivity index (χ4n) is 7.01. The summed E-state index contributed by atoms with van der Waals surface area (Å²) in [7, 11) is 2.01. The zero-order valence-corrected chi connectivity index (χ0v) is 29.4. The molecular formula is C36H52FN7O5. The Balaban J connectivity index is 1.34. The Morgan fingerprint density at radius 1 is 1.06 bits per heavy atom. The molecule has 2 saturated carbocycles. The molecule has 0 bridgehead atoms. The van der Waals surface area contributed by atoms with Gasteiger partial charge in [0.15, 0.2) is 6.29 Å². The minimum Gasteiger partial charge on any atom is -0.367 e. The molecule has 1 saturated heterocycles.